The second kappa shape index (κ2) is 10.2. The highest BCUT2D eigenvalue weighted by atomic mass is 16.5. The van der Waals surface area contributed by atoms with Crippen molar-refractivity contribution in [1.29, 1.82) is 0 Å². The van der Waals surface area contributed by atoms with Crippen molar-refractivity contribution in [2.75, 3.05) is 38.2 Å². The third kappa shape index (κ3) is 5.05. The van der Waals surface area contributed by atoms with Crippen LogP contribution in [-0.4, -0.2) is 58.5 Å². The molecule has 0 unspecified atom stereocenters. The third-order valence-electron chi connectivity index (χ3n) is 6.25. The number of morpholine rings is 1. The Morgan fingerprint density at radius 2 is 1.85 bits per heavy atom. The van der Waals surface area contributed by atoms with Gasteiger partial charge in [-0.2, -0.15) is 0 Å². The molecule has 0 bridgehead atoms. The highest BCUT2D eigenvalue weighted by Gasteiger charge is 2.14. The molecule has 3 heterocycles. The van der Waals surface area contributed by atoms with Crippen LogP contribution in [0.5, 0.6) is 0 Å². The van der Waals surface area contributed by atoms with Crippen molar-refractivity contribution in [1.82, 2.24) is 19.9 Å². The largest absolute Gasteiger partial charge is 0.379 e. The van der Waals surface area contributed by atoms with Crippen molar-refractivity contribution in [2.24, 2.45) is 0 Å². The van der Waals surface area contributed by atoms with E-state index in [2.05, 4.69) is 15.2 Å². The number of unbranched alkanes of at least 4 members (excludes halogenated alkanes) is 1. The summed E-state index contributed by atoms with van der Waals surface area (Å²) in [6, 6.07) is 15.6. The van der Waals surface area contributed by atoms with Crippen LogP contribution in [0.25, 0.3) is 21.8 Å². The molecule has 2 aromatic carbocycles. The molecule has 1 saturated heterocycles. The van der Waals surface area contributed by atoms with Crippen LogP contribution in [0.15, 0.2) is 54.7 Å². The van der Waals surface area contributed by atoms with Crippen molar-refractivity contribution in [3.05, 3.63) is 66.1 Å². The number of para-hydroxylation sites is 1. The van der Waals surface area contributed by atoms with Crippen LogP contribution >= 0.6 is 0 Å². The van der Waals surface area contributed by atoms with Gasteiger partial charge in [0.25, 0.3) is 0 Å². The van der Waals surface area contributed by atoms with Gasteiger partial charge in [0.1, 0.15) is 11.3 Å². The fourth-order valence-corrected chi connectivity index (χ4v) is 4.35. The second-order valence-electron chi connectivity index (χ2n) is 8.70. The molecule has 0 amide bonds. The molecular weight excluding hydrogens is 426 g/mol. The number of nitrogens with one attached hydrogen (secondary N) is 1. The minimum absolute atomic E-state index is 0.0186. The highest BCUT2D eigenvalue weighted by molar-refractivity contribution is 6.10. The van der Waals surface area contributed by atoms with E-state index in [0.29, 0.717) is 11.4 Å². The Morgan fingerprint density at radius 3 is 2.65 bits per heavy atom. The summed E-state index contributed by atoms with van der Waals surface area (Å²) in [5.41, 5.74) is 3.12. The predicted molar refractivity (Wildman–Crippen MR) is 135 cm³/mol. The molecule has 0 spiro atoms. The Balaban J connectivity index is 1.44. The van der Waals surface area contributed by atoms with E-state index in [1.165, 1.54) is 0 Å². The van der Waals surface area contributed by atoms with Crippen molar-refractivity contribution in [3.63, 3.8) is 0 Å². The fourth-order valence-electron chi connectivity index (χ4n) is 4.35. The summed E-state index contributed by atoms with van der Waals surface area (Å²) in [6.07, 6.45) is 4.87. The zero-order valence-electron chi connectivity index (χ0n) is 19.5. The van der Waals surface area contributed by atoms with Gasteiger partial charge in [-0.3, -0.25) is 9.69 Å². The molecule has 1 N–H and O–H groups in total. The maximum atomic E-state index is 11.9. The first-order valence-electron chi connectivity index (χ1n) is 11.9. The Bertz CT molecular complexity index is 1300. The summed E-state index contributed by atoms with van der Waals surface area (Å²) < 4.78 is 5.43. The molecular formula is C27H29N5O2. The van der Waals surface area contributed by atoms with Crippen LogP contribution in [0.1, 0.15) is 35.9 Å². The molecule has 1 aliphatic rings. The number of carbonyl (C=O) groups excluding carboxylic acids is 1. The molecule has 1 fully saturated rings. The molecule has 7 nitrogen and oxygen atoms in total. The molecule has 0 saturated carbocycles. The van der Waals surface area contributed by atoms with Gasteiger partial charge >= 0.3 is 0 Å². The van der Waals surface area contributed by atoms with E-state index in [1.807, 2.05) is 54.7 Å². The summed E-state index contributed by atoms with van der Waals surface area (Å²) in [7, 11) is 0. The Hall–Kier alpha value is -3.42. The van der Waals surface area contributed by atoms with Gasteiger partial charge < -0.3 is 10.1 Å². The highest BCUT2D eigenvalue weighted by Crippen LogP contribution is 2.30. The summed E-state index contributed by atoms with van der Waals surface area (Å²) in [5.74, 6) is 1.52. The fraction of sp³-hybridized carbons (Fsp3) is 0.333. The van der Waals surface area contributed by atoms with Crippen molar-refractivity contribution in [3.8, 4) is 0 Å². The van der Waals surface area contributed by atoms with Gasteiger partial charge in [0.2, 0.25) is 0 Å². The van der Waals surface area contributed by atoms with Crippen LogP contribution in [0, 0.1) is 0 Å². The maximum absolute atomic E-state index is 11.9. The van der Waals surface area contributed by atoms with E-state index in [-0.39, 0.29) is 5.78 Å². The zero-order valence-corrected chi connectivity index (χ0v) is 19.5. The molecule has 4 aromatic rings. The van der Waals surface area contributed by atoms with Gasteiger partial charge in [0.15, 0.2) is 11.6 Å². The quantitative estimate of drug-likeness (QED) is 0.233. The molecule has 0 atom stereocenters. The predicted octanol–water partition coefficient (Wildman–Crippen LogP) is 4.78. The monoisotopic (exact) mass is 455 g/mol. The van der Waals surface area contributed by atoms with Gasteiger partial charge in [0, 0.05) is 47.7 Å². The van der Waals surface area contributed by atoms with E-state index in [9.17, 15) is 4.79 Å². The first kappa shape index (κ1) is 22.4. The van der Waals surface area contributed by atoms with Gasteiger partial charge in [0.05, 0.1) is 18.7 Å². The number of ketones is 1. The lowest BCUT2D eigenvalue weighted by molar-refractivity contribution is 0.0372. The van der Waals surface area contributed by atoms with Crippen molar-refractivity contribution >= 4 is 39.1 Å². The van der Waals surface area contributed by atoms with E-state index in [0.717, 1.165) is 85.4 Å². The topological polar surface area (TPSA) is 80.2 Å². The number of aryl methyl sites for hydroxylation is 1. The van der Waals surface area contributed by atoms with Crippen LogP contribution in [0.4, 0.5) is 11.5 Å². The van der Waals surface area contributed by atoms with Gasteiger partial charge in [-0.05, 0) is 44.5 Å². The first-order valence-corrected chi connectivity index (χ1v) is 11.9. The van der Waals surface area contributed by atoms with Crippen LogP contribution in [0.3, 0.4) is 0 Å². The maximum Gasteiger partial charge on any atom is 0.159 e. The number of carbonyl (C=O) groups is 1. The minimum Gasteiger partial charge on any atom is -0.379 e. The number of Topliss-reactive ketones (excluding diaryl/α,β-unsaturated/α-hetero) is 1. The number of benzene rings is 2. The summed E-state index contributed by atoms with van der Waals surface area (Å²) in [5, 5.41) is 5.29. The van der Waals surface area contributed by atoms with Crippen LogP contribution in [-0.2, 0) is 11.2 Å². The summed E-state index contributed by atoms with van der Waals surface area (Å²) in [6.45, 7) is 6.36. The standard InChI is InChI=1S/C27H29N5O2/c1-19(33)20-10-11-22-23-18-28-25(9-5-6-12-32-13-15-34-16-14-32)31-26(23)27(30-24(22)17-20)29-21-7-3-2-4-8-21/h2-4,7-8,10-11,17-18H,5-6,9,12-16H2,1H3,(H,29,30). The molecule has 5 rings (SSSR count). The lowest BCUT2D eigenvalue weighted by Crippen LogP contribution is -2.36. The summed E-state index contributed by atoms with van der Waals surface area (Å²) >= 11 is 0. The molecule has 174 valence electrons. The molecule has 0 radical (unpaired) electrons. The zero-order chi connectivity index (χ0) is 23.3. The van der Waals surface area contributed by atoms with E-state index < -0.39 is 0 Å². The first-order chi connectivity index (χ1) is 16.7. The molecule has 7 heteroatoms. The molecule has 2 aromatic heterocycles. The van der Waals surface area contributed by atoms with Crippen LogP contribution in [0.2, 0.25) is 0 Å². The van der Waals surface area contributed by atoms with Gasteiger partial charge in [-0.1, -0.05) is 30.3 Å². The Morgan fingerprint density at radius 1 is 1.03 bits per heavy atom. The Labute approximate surface area is 199 Å². The van der Waals surface area contributed by atoms with Crippen molar-refractivity contribution < 1.29 is 9.53 Å². The number of fused-ring (bicyclic) bond motifs is 3. The normalized spacial score (nSPS) is 14.5. The second-order valence-corrected chi connectivity index (χ2v) is 8.70. The average molecular weight is 456 g/mol. The van der Waals surface area contributed by atoms with Gasteiger partial charge in [-0.25, -0.2) is 15.0 Å². The third-order valence-corrected chi connectivity index (χ3v) is 6.25. The average Bonchev–Trinajstić information content (AvgIpc) is 2.87. The number of rotatable bonds is 8. The van der Waals surface area contributed by atoms with E-state index >= 15 is 0 Å². The smallest absolute Gasteiger partial charge is 0.159 e. The van der Waals surface area contributed by atoms with E-state index in [1.54, 1.807) is 6.92 Å². The number of hydrogen-bond acceptors (Lipinski definition) is 7. The lowest BCUT2D eigenvalue weighted by atomic mass is 10.1. The minimum atomic E-state index is 0.0186. The number of nitrogens with zero attached hydrogens (tertiary/aromatic N) is 4. The number of hydrogen-bond donors (Lipinski definition) is 1. The van der Waals surface area contributed by atoms with E-state index in [4.69, 9.17) is 14.7 Å². The summed E-state index contributed by atoms with van der Waals surface area (Å²) in [4.78, 5) is 28.9. The molecule has 0 aliphatic carbocycles. The molecule has 1 aliphatic heterocycles. The SMILES string of the molecule is CC(=O)c1ccc2c(c1)nc(Nc1ccccc1)c1nc(CCCCN3CCOCC3)ncc12. The number of aromatic nitrogens is 3. The number of ether oxygens (including phenoxy) is 1. The molecule has 34 heavy (non-hydrogen) atoms. The number of anilines is 2. The van der Waals surface area contributed by atoms with Crippen LogP contribution < -0.4 is 5.32 Å². The Kier molecular flexibility index (Phi) is 6.74. The lowest BCUT2D eigenvalue weighted by Gasteiger charge is -2.26. The van der Waals surface area contributed by atoms with Crippen molar-refractivity contribution in [2.45, 2.75) is 26.2 Å². The number of pyridine rings is 1. The van der Waals surface area contributed by atoms with Gasteiger partial charge in [-0.15, -0.1) is 0 Å².